The third-order valence-electron chi connectivity index (χ3n) is 2.82. The summed E-state index contributed by atoms with van der Waals surface area (Å²) in [5.74, 6) is 0.418. The quantitative estimate of drug-likeness (QED) is 0.671. The van der Waals surface area contributed by atoms with E-state index in [0.29, 0.717) is 21.0 Å². The Balaban J connectivity index is 2.33. The third kappa shape index (κ3) is 3.57. The molecule has 2 aromatic rings. The van der Waals surface area contributed by atoms with Crippen LogP contribution in [-0.4, -0.2) is 0 Å². The molecular formula is C14H14Cl3NS. The molecule has 1 N–H and O–H groups in total. The number of benzene rings is 1. The van der Waals surface area contributed by atoms with E-state index in [0.717, 1.165) is 5.69 Å². The van der Waals surface area contributed by atoms with Crippen LogP contribution < -0.4 is 5.32 Å². The maximum atomic E-state index is 6.22. The fourth-order valence-corrected chi connectivity index (χ4v) is 3.75. The molecule has 0 fully saturated rings. The molecule has 1 nitrogen and oxygen atoms in total. The zero-order valence-corrected chi connectivity index (χ0v) is 13.7. The predicted molar refractivity (Wildman–Crippen MR) is 87.0 cm³/mol. The average molecular weight is 335 g/mol. The van der Waals surface area contributed by atoms with E-state index in [2.05, 4.69) is 30.6 Å². The van der Waals surface area contributed by atoms with E-state index in [9.17, 15) is 0 Å². The maximum absolute atomic E-state index is 6.22. The Morgan fingerprint density at radius 2 is 1.74 bits per heavy atom. The van der Waals surface area contributed by atoms with Crippen LogP contribution in [0.3, 0.4) is 0 Å². The summed E-state index contributed by atoms with van der Waals surface area (Å²) in [6, 6.07) is 7.73. The molecule has 0 aliphatic carbocycles. The summed E-state index contributed by atoms with van der Waals surface area (Å²) < 4.78 is 0. The number of hydrogen-bond acceptors (Lipinski definition) is 2. The van der Waals surface area contributed by atoms with Gasteiger partial charge in [-0.05, 0) is 29.5 Å². The van der Waals surface area contributed by atoms with Gasteiger partial charge in [-0.25, -0.2) is 0 Å². The van der Waals surface area contributed by atoms with Crippen LogP contribution in [0.4, 0.5) is 5.69 Å². The second-order valence-electron chi connectivity index (χ2n) is 4.63. The maximum Gasteiger partial charge on any atom is 0.0725 e. The molecule has 1 unspecified atom stereocenters. The van der Waals surface area contributed by atoms with E-state index in [4.69, 9.17) is 34.8 Å². The summed E-state index contributed by atoms with van der Waals surface area (Å²) in [5, 5.41) is 7.12. The summed E-state index contributed by atoms with van der Waals surface area (Å²) in [6.07, 6.45) is 0. The Morgan fingerprint density at radius 1 is 1.11 bits per heavy atom. The first kappa shape index (κ1) is 15.0. The number of halogens is 3. The van der Waals surface area contributed by atoms with E-state index in [1.54, 1.807) is 23.5 Å². The van der Waals surface area contributed by atoms with E-state index in [1.807, 2.05) is 6.07 Å². The SMILES string of the molecule is CC(C)C(Nc1c(Cl)cc(Cl)cc1Cl)c1cccs1. The summed E-state index contributed by atoms with van der Waals surface area (Å²) >= 11 is 20.1. The number of thiophene rings is 1. The van der Waals surface area contributed by atoms with Gasteiger partial charge in [-0.3, -0.25) is 0 Å². The topological polar surface area (TPSA) is 12.0 Å². The van der Waals surface area contributed by atoms with Gasteiger partial charge in [0.05, 0.1) is 21.8 Å². The molecule has 0 aliphatic rings. The van der Waals surface area contributed by atoms with Crippen LogP contribution in [0.15, 0.2) is 29.6 Å². The predicted octanol–water partition coefficient (Wildman–Crippen LogP) is 6.52. The van der Waals surface area contributed by atoms with Gasteiger partial charge in [0.15, 0.2) is 0 Å². The smallest absolute Gasteiger partial charge is 0.0725 e. The molecule has 19 heavy (non-hydrogen) atoms. The van der Waals surface area contributed by atoms with Crippen molar-refractivity contribution in [2.75, 3.05) is 5.32 Å². The minimum absolute atomic E-state index is 0.177. The molecule has 1 aromatic carbocycles. The molecular weight excluding hydrogens is 321 g/mol. The normalized spacial score (nSPS) is 12.7. The molecule has 1 atom stereocenters. The molecule has 0 aliphatic heterocycles. The minimum Gasteiger partial charge on any atom is -0.375 e. The van der Waals surface area contributed by atoms with Crippen molar-refractivity contribution in [1.29, 1.82) is 0 Å². The van der Waals surface area contributed by atoms with Gasteiger partial charge in [0.2, 0.25) is 0 Å². The lowest BCUT2D eigenvalue weighted by molar-refractivity contribution is 0.554. The Bertz CT molecular complexity index is 529. The van der Waals surface area contributed by atoms with Crippen LogP contribution in [0.2, 0.25) is 15.1 Å². The van der Waals surface area contributed by atoms with Crippen LogP contribution in [0.25, 0.3) is 0 Å². The number of nitrogens with one attached hydrogen (secondary N) is 1. The average Bonchev–Trinajstić information content (AvgIpc) is 2.80. The number of hydrogen-bond donors (Lipinski definition) is 1. The first-order chi connectivity index (χ1) is 8.99. The third-order valence-corrected chi connectivity index (χ3v) is 4.59. The highest BCUT2D eigenvalue weighted by Gasteiger charge is 2.19. The zero-order chi connectivity index (χ0) is 14.0. The fraction of sp³-hybridized carbons (Fsp3) is 0.286. The van der Waals surface area contributed by atoms with Crippen molar-refractivity contribution in [3.63, 3.8) is 0 Å². The summed E-state index contributed by atoms with van der Waals surface area (Å²) in [7, 11) is 0. The van der Waals surface area contributed by atoms with Gasteiger partial charge in [-0.2, -0.15) is 0 Å². The van der Waals surface area contributed by atoms with Gasteiger partial charge in [0.1, 0.15) is 0 Å². The largest absolute Gasteiger partial charge is 0.375 e. The highest BCUT2D eigenvalue weighted by Crippen LogP contribution is 2.38. The first-order valence-corrected chi connectivity index (χ1v) is 7.95. The van der Waals surface area contributed by atoms with Crippen LogP contribution in [-0.2, 0) is 0 Å². The van der Waals surface area contributed by atoms with E-state index >= 15 is 0 Å². The molecule has 2 rings (SSSR count). The van der Waals surface area contributed by atoms with Gasteiger partial charge in [-0.1, -0.05) is 54.7 Å². The second-order valence-corrected chi connectivity index (χ2v) is 6.86. The molecule has 0 radical (unpaired) electrons. The highest BCUT2D eigenvalue weighted by atomic mass is 35.5. The highest BCUT2D eigenvalue weighted by molar-refractivity contribution is 7.10. The molecule has 0 saturated carbocycles. The van der Waals surface area contributed by atoms with Crippen LogP contribution in [0.1, 0.15) is 24.8 Å². The van der Waals surface area contributed by atoms with Crippen molar-refractivity contribution in [1.82, 2.24) is 0 Å². The summed E-state index contributed by atoms with van der Waals surface area (Å²) in [6.45, 7) is 4.32. The standard InChI is InChI=1S/C14H14Cl3NS/c1-8(2)13(12-4-3-5-19-12)18-14-10(16)6-9(15)7-11(14)17/h3-8,13,18H,1-2H3. The summed E-state index contributed by atoms with van der Waals surface area (Å²) in [5.41, 5.74) is 0.736. The number of rotatable bonds is 4. The molecule has 0 amide bonds. The first-order valence-electron chi connectivity index (χ1n) is 5.93. The molecule has 0 saturated heterocycles. The molecule has 5 heteroatoms. The van der Waals surface area contributed by atoms with Crippen molar-refractivity contribution in [2.24, 2.45) is 5.92 Å². The van der Waals surface area contributed by atoms with Crippen LogP contribution >= 0.6 is 46.1 Å². The van der Waals surface area contributed by atoms with Crippen molar-refractivity contribution in [3.05, 3.63) is 49.6 Å². The Morgan fingerprint density at radius 3 is 2.21 bits per heavy atom. The van der Waals surface area contributed by atoms with E-state index in [-0.39, 0.29) is 6.04 Å². The lowest BCUT2D eigenvalue weighted by atomic mass is 10.0. The van der Waals surface area contributed by atoms with Gasteiger partial charge in [-0.15, -0.1) is 11.3 Å². The number of anilines is 1. The Hall–Kier alpha value is -0.410. The van der Waals surface area contributed by atoms with Crippen molar-refractivity contribution < 1.29 is 0 Å². The molecule has 102 valence electrons. The van der Waals surface area contributed by atoms with Crippen LogP contribution in [0, 0.1) is 5.92 Å². The van der Waals surface area contributed by atoms with Gasteiger partial charge in [0, 0.05) is 9.90 Å². The van der Waals surface area contributed by atoms with Crippen molar-refractivity contribution >= 4 is 51.8 Å². The van der Waals surface area contributed by atoms with Crippen molar-refractivity contribution in [3.8, 4) is 0 Å². The zero-order valence-electron chi connectivity index (χ0n) is 10.6. The molecule has 1 aromatic heterocycles. The fourth-order valence-electron chi connectivity index (χ4n) is 1.87. The Kier molecular flexibility index (Phi) is 5.02. The monoisotopic (exact) mass is 333 g/mol. The lowest BCUT2D eigenvalue weighted by Gasteiger charge is -2.24. The minimum atomic E-state index is 0.177. The van der Waals surface area contributed by atoms with Gasteiger partial charge >= 0.3 is 0 Å². The van der Waals surface area contributed by atoms with Crippen LogP contribution in [0.5, 0.6) is 0 Å². The van der Waals surface area contributed by atoms with Gasteiger partial charge < -0.3 is 5.32 Å². The molecule has 0 spiro atoms. The van der Waals surface area contributed by atoms with Gasteiger partial charge in [0.25, 0.3) is 0 Å². The van der Waals surface area contributed by atoms with E-state index < -0.39 is 0 Å². The van der Waals surface area contributed by atoms with E-state index in [1.165, 1.54) is 4.88 Å². The molecule has 1 heterocycles. The molecule has 0 bridgehead atoms. The second kappa shape index (κ2) is 6.36. The van der Waals surface area contributed by atoms with Crippen molar-refractivity contribution in [2.45, 2.75) is 19.9 Å². The Labute approximate surface area is 132 Å². The summed E-state index contributed by atoms with van der Waals surface area (Å²) in [4.78, 5) is 1.26. The lowest BCUT2D eigenvalue weighted by Crippen LogP contribution is -2.16.